The molecule has 8 aromatic carbocycles. The van der Waals surface area contributed by atoms with Gasteiger partial charge in [-0.25, -0.2) is 0 Å². The Balaban J connectivity index is 1.01. The lowest BCUT2D eigenvalue weighted by atomic mass is 9.95. The van der Waals surface area contributed by atoms with Crippen LogP contribution in [-0.4, -0.2) is 128 Å². The zero-order chi connectivity index (χ0) is 63.8. The molecule has 17 heteroatoms. The summed E-state index contributed by atoms with van der Waals surface area (Å²) in [6.45, 7) is 1.93. The smallest absolute Gasteiger partial charge is 0.302 e. The summed E-state index contributed by atoms with van der Waals surface area (Å²) in [7, 11) is 0. The second-order valence-electron chi connectivity index (χ2n) is 23.2. The van der Waals surface area contributed by atoms with Gasteiger partial charge in [-0.15, -0.1) is 0 Å². The molecule has 3 fully saturated rings. The molecule has 11 rings (SSSR count). The molecule has 0 unspecified atom stereocenters. The third kappa shape index (κ3) is 19.6. The van der Waals surface area contributed by atoms with Gasteiger partial charge in [-0.3, -0.25) is 4.79 Å². The SMILES string of the molecule is CC(=O)OC[C@H]1O[C@H](O)[C@@H](O[C@H]2O[C@H](COCc3ccccc3)[C@@H](OCc3ccccc3)[C@H](OCc3ccccc3)[C@@H]2O[C@H]2O[C@H](COCc3ccccc3)[C@@H](OCc3ccccc3)[C@H](OCc3ccccc3)[C@@H]2O)[C@@H](OCc2ccccc2)[C@@H]1OCc1ccccc1. The van der Waals surface area contributed by atoms with Crippen LogP contribution in [0.25, 0.3) is 0 Å². The Morgan fingerprint density at radius 1 is 0.312 bits per heavy atom. The molecule has 0 aliphatic carbocycles. The summed E-state index contributed by atoms with van der Waals surface area (Å²) in [6.07, 6.45) is -18.5. The van der Waals surface area contributed by atoms with Gasteiger partial charge in [0.1, 0.15) is 79.9 Å². The average Bonchev–Trinajstić information content (AvgIpc) is 0.795. The van der Waals surface area contributed by atoms with Crippen LogP contribution in [0.15, 0.2) is 243 Å². The Morgan fingerprint density at radius 2 is 0.581 bits per heavy atom. The van der Waals surface area contributed by atoms with Crippen LogP contribution in [-0.2, 0) is 124 Å². The molecule has 3 aliphatic heterocycles. The van der Waals surface area contributed by atoms with Gasteiger partial charge in [0, 0.05) is 6.92 Å². The van der Waals surface area contributed by atoms with Gasteiger partial charge in [0.25, 0.3) is 0 Å². The van der Waals surface area contributed by atoms with Crippen molar-refractivity contribution in [3.05, 3.63) is 287 Å². The second-order valence-corrected chi connectivity index (χ2v) is 23.2. The first-order valence-corrected chi connectivity index (χ1v) is 31.7. The van der Waals surface area contributed by atoms with E-state index in [1.165, 1.54) is 6.92 Å². The maximum Gasteiger partial charge on any atom is 0.302 e. The van der Waals surface area contributed by atoms with Gasteiger partial charge in [-0.2, -0.15) is 0 Å². The summed E-state index contributed by atoms with van der Waals surface area (Å²) in [5, 5.41) is 25.8. The molecule has 0 amide bonds. The Labute approximate surface area is 543 Å². The maximum atomic E-state index is 13.2. The standard InChI is InChI=1S/C76H82O17/c1-53(77)82-52-64-68(85-46-58-34-18-6-19-35-58)70(87-48-60-38-22-8-23-39-60)72(74(79)89-64)92-76-73(71(88-49-61-40-24-9-25-41-61)67(84-45-57-32-16-5-17-33-57)63(91-76)51-81-43-55-28-12-3-13-29-55)93-75-65(78)69(86-47-59-36-20-7-21-37-59)66(83-44-56-30-14-4-15-31-56)62(90-75)50-80-42-54-26-10-2-11-27-54/h2-41,62-76,78-79H,42-52H2,1H3/t62-,63-,64-,65+,66-,67-,68-,69-,70+,71+,72+,73+,74+,75-,76-/m1/s1. The molecule has 0 radical (unpaired) electrons. The van der Waals surface area contributed by atoms with Crippen molar-refractivity contribution in [1.82, 2.24) is 0 Å². The molecular formula is C76H82O17. The molecule has 3 aliphatic rings. The highest BCUT2D eigenvalue weighted by Crippen LogP contribution is 2.39. The summed E-state index contributed by atoms with van der Waals surface area (Å²) in [6, 6.07) is 77.5. The summed E-state index contributed by atoms with van der Waals surface area (Å²) in [4.78, 5) is 12.5. The van der Waals surface area contributed by atoms with E-state index >= 15 is 0 Å². The van der Waals surface area contributed by atoms with Crippen molar-refractivity contribution < 1.29 is 81.3 Å². The molecule has 2 N–H and O–H groups in total. The average molecular weight is 1270 g/mol. The number of carbonyl (C=O) groups excluding carboxylic acids is 1. The van der Waals surface area contributed by atoms with Gasteiger partial charge in [-0.05, 0) is 44.5 Å². The van der Waals surface area contributed by atoms with E-state index in [1.807, 2.05) is 243 Å². The van der Waals surface area contributed by atoms with Gasteiger partial charge < -0.3 is 76.5 Å². The van der Waals surface area contributed by atoms with Crippen LogP contribution in [0, 0.1) is 0 Å². The topological polar surface area (TPSA) is 187 Å². The summed E-state index contributed by atoms with van der Waals surface area (Å²) < 4.78 is 95.9. The van der Waals surface area contributed by atoms with Crippen LogP contribution in [0.1, 0.15) is 51.4 Å². The number of benzene rings is 8. The van der Waals surface area contributed by atoms with E-state index < -0.39 is 98.1 Å². The molecule has 3 saturated heterocycles. The lowest BCUT2D eigenvalue weighted by Gasteiger charge is -2.51. The fraction of sp³-hybridized carbons (Fsp3) is 0.355. The first kappa shape index (κ1) is 67.1. The predicted octanol–water partition coefficient (Wildman–Crippen LogP) is 10.8. The summed E-state index contributed by atoms with van der Waals surface area (Å²) in [5.74, 6) is -0.560. The number of aliphatic hydroxyl groups is 2. The van der Waals surface area contributed by atoms with Gasteiger partial charge in [0.2, 0.25) is 0 Å². The largest absolute Gasteiger partial charge is 0.463 e. The van der Waals surface area contributed by atoms with Crippen LogP contribution >= 0.6 is 0 Å². The summed E-state index contributed by atoms with van der Waals surface area (Å²) >= 11 is 0. The second kappa shape index (κ2) is 35.2. The highest BCUT2D eigenvalue weighted by Gasteiger charge is 2.57. The molecule has 0 aromatic heterocycles. The Morgan fingerprint density at radius 3 is 0.925 bits per heavy atom. The van der Waals surface area contributed by atoms with Crippen LogP contribution in [0.3, 0.4) is 0 Å². The molecule has 3 heterocycles. The lowest BCUT2D eigenvalue weighted by molar-refractivity contribution is -0.402. The minimum absolute atomic E-state index is 0.0181. The third-order valence-electron chi connectivity index (χ3n) is 16.3. The molecule has 0 bridgehead atoms. The molecule has 15 atom stereocenters. The highest BCUT2D eigenvalue weighted by atomic mass is 16.8. The minimum atomic E-state index is -1.77. The number of aliphatic hydroxyl groups excluding tert-OH is 2. The van der Waals surface area contributed by atoms with Crippen LogP contribution < -0.4 is 0 Å². The number of hydrogen-bond acceptors (Lipinski definition) is 17. The van der Waals surface area contributed by atoms with Crippen molar-refractivity contribution in [3.63, 3.8) is 0 Å². The van der Waals surface area contributed by atoms with E-state index in [-0.39, 0.29) is 72.7 Å². The fourth-order valence-electron chi connectivity index (χ4n) is 11.6. The molecule has 0 saturated carbocycles. The van der Waals surface area contributed by atoms with Crippen molar-refractivity contribution in [2.75, 3.05) is 19.8 Å². The van der Waals surface area contributed by atoms with Crippen LogP contribution in [0.4, 0.5) is 0 Å². The quantitative estimate of drug-likeness (QED) is 0.0379. The molecule has 8 aromatic rings. The van der Waals surface area contributed by atoms with E-state index in [0.29, 0.717) is 0 Å². The normalized spacial score (nSPS) is 26.3. The number of esters is 1. The molecule has 0 spiro atoms. The summed E-state index contributed by atoms with van der Waals surface area (Å²) in [5.41, 5.74) is 6.96. The zero-order valence-corrected chi connectivity index (χ0v) is 52.1. The first-order valence-electron chi connectivity index (χ1n) is 31.7. The van der Waals surface area contributed by atoms with E-state index in [4.69, 9.17) is 66.3 Å². The minimum Gasteiger partial charge on any atom is -0.463 e. The number of ether oxygens (including phenoxy) is 14. The number of rotatable bonds is 32. The van der Waals surface area contributed by atoms with Crippen molar-refractivity contribution in [2.24, 2.45) is 0 Å². The van der Waals surface area contributed by atoms with Crippen molar-refractivity contribution in [2.45, 2.75) is 152 Å². The number of hydrogen-bond donors (Lipinski definition) is 2. The van der Waals surface area contributed by atoms with Gasteiger partial charge in [0.15, 0.2) is 18.9 Å². The van der Waals surface area contributed by atoms with Gasteiger partial charge in [-0.1, -0.05) is 243 Å². The first-order chi connectivity index (χ1) is 45.8. The molecule has 17 nitrogen and oxygen atoms in total. The van der Waals surface area contributed by atoms with E-state index in [0.717, 1.165) is 44.5 Å². The van der Waals surface area contributed by atoms with Crippen LogP contribution in [0.5, 0.6) is 0 Å². The lowest BCUT2D eigenvalue weighted by Crippen LogP contribution is -2.68. The monoisotopic (exact) mass is 1270 g/mol. The number of carbonyl (C=O) groups is 1. The Bertz CT molecular complexity index is 3370. The van der Waals surface area contributed by atoms with Crippen molar-refractivity contribution in [3.8, 4) is 0 Å². The van der Waals surface area contributed by atoms with E-state index in [2.05, 4.69) is 0 Å². The van der Waals surface area contributed by atoms with Crippen molar-refractivity contribution >= 4 is 5.97 Å². The third-order valence-corrected chi connectivity index (χ3v) is 16.3. The Kier molecular flexibility index (Phi) is 25.4. The maximum absolute atomic E-state index is 13.2. The van der Waals surface area contributed by atoms with E-state index in [1.54, 1.807) is 0 Å². The zero-order valence-electron chi connectivity index (χ0n) is 52.1. The molecular weight excluding hydrogens is 1180 g/mol. The van der Waals surface area contributed by atoms with Gasteiger partial charge >= 0.3 is 5.97 Å². The highest BCUT2D eigenvalue weighted by molar-refractivity contribution is 5.65. The fourth-order valence-corrected chi connectivity index (χ4v) is 11.6. The van der Waals surface area contributed by atoms with E-state index in [9.17, 15) is 15.0 Å². The van der Waals surface area contributed by atoms with Gasteiger partial charge in [0.05, 0.1) is 66.1 Å². The molecule has 93 heavy (non-hydrogen) atoms. The van der Waals surface area contributed by atoms with Crippen molar-refractivity contribution in [1.29, 1.82) is 0 Å². The Hall–Kier alpha value is -7.37. The van der Waals surface area contributed by atoms with Crippen LogP contribution in [0.2, 0.25) is 0 Å². The molecule has 488 valence electrons. The predicted molar refractivity (Wildman–Crippen MR) is 343 cm³/mol.